The lowest BCUT2D eigenvalue weighted by molar-refractivity contribution is 0.0155. The van der Waals surface area contributed by atoms with Crippen LogP contribution in [0.3, 0.4) is 0 Å². The zero-order chi connectivity index (χ0) is 16.0. The Bertz CT molecular complexity index is 532. The highest BCUT2D eigenvalue weighted by atomic mass is 32.2. The zero-order valence-electron chi connectivity index (χ0n) is 15.2. The lowest BCUT2D eigenvalue weighted by Crippen LogP contribution is -2.54. The van der Waals surface area contributed by atoms with E-state index >= 15 is 0 Å². The first-order valence-corrected chi connectivity index (χ1v) is 11.9. The number of allylic oxidation sites excluding steroid dienone is 2. The van der Waals surface area contributed by atoms with Crippen LogP contribution in [0.4, 0.5) is 0 Å². The summed E-state index contributed by atoms with van der Waals surface area (Å²) < 4.78 is 0.517. The average Bonchev–Trinajstić information content (AvgIpc) is 2.83. The first-order valence-electron chi connectivity index (χ1n) is 9.85. The molecule has 2 heteroatoms. The van der Waals surface area contributed by atoms with Crippen LogP contribution in [-0.4, -0.2) is 10.3 Å². The summed E-state index contributed by atoms with van der Waals surface area (Å²) in [4.78, 5) is 1.79. The molecule has 2 atom stereocenters. The standard InChI is InChI=1S/C21H32S2/c1-19(2)15-5-6-20(19,3)18(12-15)23-21(22-4)16-8-13-7-14(10-16)11-17(21)9-13/h12-17H,5-11H2,1-4H3. The van der Waals surface area contributed by atoms with Crippen molar-refractivity contribution in [3.05, 3.63) is 11.0 Å². The van der Waals surface area contributed by atoms with Crippen molar-refractivity contribution in [3.63, 3.8) is 0 Å². The van der Waals surface area contributed by atoms with E-state index in [-0.39, 0.29) is 0 Å². The number of hydrogen-bond acceptors (Lipinski definition) is 2. The Morgan fingerprint density at radius 2 is 1.57 bits per heavy atom. The lowest BCUT2D eigenvalue weighted by atomic mass is 9.56. The molecule has 0 saturated heterocycles. The third-order valence-electron chi connectivity index (χ3n) is 9.07. The molecule has 0 radical (unpaired) electrons. The average molecular weight is 349 g/mol. The third-order valence-corrected chi connectivity index (χ3v) is 12.9. The fourth-order valence-electron chi connectivity index (χ4n) is 7.34. The number of fused-ring (bicyclic) bond motifs is 2. The second-order valence-electron chi connectivity index (χ2n) is 10.1. The van der Waals surface area contributed by atoms with E-state index in [1.54, 1.807) is 11.3 Å². The molecule has 0 aliphatic heterocycles. The van der Waals surface area contributed by atoms with Crippen LogP contribution in [0.5, 0.6) is 0 Å². The molecule has 0 N–H and O–H groups in total. The quantitative estimate of drug-likeness (QED) is 0.529. The first-order chi connectivity index (χ1) is 10.9. The summed E-state index contributed by atoms with van der Waals surface area (Å²) >= 11 is 4.62. The Labute approximate surface area is 151 Å². The summed E-state index contributed by atoms with van der Waals surface area (Å²) in [6, 6.07) is 0. The van der Waals surface area contributed by atoms with Crippen LogP contribution in [0.2, 0.25) is 0 Å². The summed E-state index contributed by atoms with van der Waals surface area (Å²) in [7, 11) is 0. The molecule has 0 aromatic heterocycles. The number of rotatable bonds is 3. The largest absolute Gasteiger partial charge is 0.147 e. The molecule has 0 spiro atoms. The van der Waals surface area contributed by atoms with Gasteiger partial charge in [0.2, 0.25) is 0 Å². The van der Waals surface area contributed by atoms with Crippen molar-refractivity contribution in [1.82, 2.24) is 0 Å². The van der Waals surface area contributed by atoms with Crippen molar-refractivity contribution in [2.75, 3.05) is 6.26 Å². The minimum Gasteiger partial charge on any atom is -0.147 e. The molecule has 2 unspecified atom stereocenters. The Balaban J connectivity index is 1.49. The molecule has 6 aliphatic rings. The molecule has 6 rings (SSSR count). The van der Waals surface area contributed by atoms with Crippen LogP contribution in [0, 0.1) is 40.4 Å². The fourth-order valence-corrected chi connectivity index (χ4v) is 10.9. The third kappa shape index (κ3) is 1.84. The van der Waals surface area contributed by atoms with E-state index in [1.807, 2.05) is 0 Å². The molecular formula is C21H32S2. The second-order valence-corrected chi connectivity index (χ2v) is 12.7. The van der Waals surface area contributed by atoms with E-state index in [9.17, 15) is 0 Å². The molecule has 23 heavy (non-hydrogen) atoms. The summed E-state index contributed by atoms with van der Waals surface area (Å²) in [5, 5.41) is 0. The van der Waals surface area contributed by atoms with Gasteiger partial charge >= 0.3 is 0 Å². The predicted octanol–water partition coefficient (Wildman–Crippen LogP) is 6.58. The first kappa shape index (κ1) is 15.7. The molecule has 0 heterocycles. The molecule has 5 fully saturated rings. The van der Waals surface area contributed by atoms with E-state index in [4.69, 9.17) is 0 Å². The molecule has 0 aromatic rings. The summed E-state index contributed by atoms with van der Waals surface area (Å²) in [5.74, 6) is 4.99. The maximum atomic E-state index is 2.72. The van der Waals surface area contributed by atoms with Crippen molar-refractivity contribution >= 4 is 23.5 Å². The normalized spacial score (nSPS) is 55.5. The predicted molar refractivity (Wildman–Crippen MR) is 104 cm³/mol. The molecule has 0 amide bonds. The smallest absolute Gasteiger partial charge is 0.0708 e. The van der Waals surface area contributed by atoms with Gasteiger partial charge in [-0.3, -0.25) is 0 Å². The van der Waals surface area contributed by atoms with Crippen molar-refractivity contribution in [2.45, 2.75) is 69.8 Å². The van der Waals surface area contributed by atoms with Gasteiger partial charge in [0.15, 0.2) is 0 Å². The minimum atomic E-state index is 0.458. The van der Waals surface area contributed by atoms with E-state index in [0.717, 1.165) is 29.6 Å². The van der Waals surface area contributed by atoms with Gasteiger partial charge < -0.3 is 0 Å². The fraction of sp³-hybridized carbons (Fsp3) is 0.905. The highest BCUT2D eigenvalue weighted by molar-refractivity contribution is 8.19. The Morgan fingerprint density at radius 1 is 0.957 bits per heavy atom. The molecule has 0 aromatic carbocycles. The van der Waals surface area contributed by atoms with Crippen molar-refractivity contribution in [1.29, 1.82) is 0 Å². The van der Waals surface area contributed by atoms with Gasteiger partial charge in [0.1, 0.15) is 0 Å². The molecular weight excluding hydrogens is 316 g/mol. The van der Waals surface area contributed by atoms with E-state index < -0.39 is 0 Å². The van der Waals surface area contributed by atoms with Gasteiger partial charge in [-0.05, 0) is 91.1 Å². The van der Waals surface area contributed by atoms with Gasteiger partial charge in [0.25, 0.3) is 0 Å². The van der Waals surface area contributed by atoms with Crippen molar-refractivity contribution in [3.8, 4) is 0 Å². The highest BCUT2D eigenvalue weighted by Crippen LogP contribution is 2.73. The molecule has 5 saturated carbocycles. The highest BCUT2D eigenvalue weighted by Gasteiger charge is 2.62. The Hall–Kier alpha value is 0.440. The van der Waals surface area contributed by atoms with Crippen LogP contribution in [0.15, 0.2) is 11.0 Å². The topological polar surface area (TPSA) is 0 Å². The van der Waals surface area contributed by atoms with Crippen LogP contribution in [0.25, 0.3) is 0 Å². The van der Waals surface area contributed by atoms with Gasteiger partial charge in [0, 0.05) is 5.41 Å². The maximum Gasteiger partial charge on any atom is 0.0708 e. The Kier molecular flexibility index (Phi) is 3.26. The van der Waals surface area contributed by atoms with E-state index in [0.29, 0.717) is 14.9 Å². The van der Waals surface area contributed by atoms with Crippen LogP contribution in [-0.2, 0) is 0 Å². The molecule has 6 bridgehead atoms. The summed E-state index contributed by atoms with van der Waals surface area (Å²) in [5.41, 5.74) is 0.945. The van der Waals surface area contributed by atoms with Crippen LogP contribution in [0.1, 0.15) is 65.7 Å². The van der Waals surface area contributed by atoms with E-state index in [1.165, 1.54) is 38.5 Å². The molecule has 6 aliphatic carbocycles. The number of hydrogen-bond donors (Lipinski definition) is 0. The van der Waals surface area contributed by atoms with Gasteiger partial charge in [-0.15, -0.1) is 23.5 Å². The van der Waals surface area contributed by atoms with Crippen molar-refractivity contribution < 1.29 is 0 Å². The minimum absolute atomic E-state index is 0.458. The number of thioether (sulfide) groups is 2. The molecule has 0 nitrogen and oxygen atoms in total. The monoisotopic (exact) mass is 348 g/mol. The summed E-state index contributed by atoms with van der Waals surface area (Å²) in [6.45, 7) is 7.66. The van der Waals surface area contributed by atoms with E-state index in [2.05, 4.69) is 56.6 Å². The SMILES string of the molecule is CSC1(SC2=CC3CCC2(C)C3(C)C)C2CC3CC(C2)CC1C3. The van der Waals surface area contributed by atoms with Gasteiger partial charge in [0.05, 0.1) is 4.08 Å². The zero-order valence-corrected chi connectivity index (χ0v) is 16.9. The summed E-state index contributed by atoms with van der Waals surface area (Å²) in [6.07, 6.45) is 15.7. The van der Waals surface area contributed by atoms with Gasteiger partial charge in [-0.1, -0.05) is 26.8 Å². The van der Waals surface area contributed by atoms with Gasteiger partial charge in [-0.2, -0.15) is 0 Å². The maximum absolute atomic E-state index is 2.72. The lowest BCUT2D eigenvalue weighted by Gasteiger charge is -2.61. The van der Waals surface area contributed by atoms with Crippen LogP contribution >= 0.6 is 23.5 Å². The molecule has 128 valence electrons. The Morgan fingerprint density at radius 3 is 2.00 bits per heavy atom. The van der Waals surface area contributed by atoms with Crippen molar-refractivity contribution in [2.24, 2.45) is 40.4 Å². The van der Waals surface area contributed by atoms with Gasteiger partial charge in [-0.25, -0.2) is 0 Å². The second kappa shape index (κ2) is 4.78. The van der Waals surface area contributed by atoms with Crippen LogP contribution < -0.4 is 0 Å².